The van der Waals surface area contributed by atoms with E-state index in [4.69, 9.17) is 5.11 Å². The average molecular weight is 335 g/mol. The molecule has 0 fully saturated rings. The van der Waals surface area contributed by atoms with Gasteiger partial charge in [0.05, 0.1) is 29.8 Å². The number of fused-ring (bicyclic) bond motifs is 3. The van der Waals surface area contributed by atoms with Crippen LogP contribution in [-0.4, -0.2) is 25.7 Å². The average Bonchev–Trinajstić information content (AvgIpc) is 3.14. The van der Waals surface area contributed by atoms with Crippen LogP contribution in [-0.2, 0) is 12.8 Å². The van der Waals surface area contributed by atoms with Crippen molar-refractivity contribution in [2.24, 2.45) is 0 Å². The molecule has 0 saturated heterocycles. The van der Waals surface area contributed by atoms with E-state index in [1.807, 2.05) is 28.8 Å². The van der Waals surface area contributed by atoms with E-state index in [0.29, 0.717) is 12.1 Å². The summed E-state index contributed by atoms with van der Waals surface area (Å²) in [6.45, 7) is 0. The van der Waals surface area contributed by atoms with Gasteiger partial charge in [-0.05, 0) is 29.7 Å². The molecule has 2 heterocycles. The number of imidazole rings is 1. The number of nitrogens with zero attached hydrogens (tertiary/aromatic N) is 2. The van der Waals surface area contributed by atoms with E-state index >= 15 is 0 Å². The molecule has 0 aliphatic heterocycles. The second-order valence-electron chi connectivity index (χ2n) is 6.08. The van der Waals surface area contributed by atoms with Crippen LogP contribution in [0.3, 0.4) is 0 Å². The standard InChI is InChI=1S/C19H17N3O3/c23-17(9-12-4-3-5-13(8-12)21-19(24)25)18-15-7-2-1-6-14(15)16-10-20-11-22(16)18/h1-6,8,10-11,17,21,23H,7,9H2,(H,24,25). The van der Waals surface area contributed by atoms with E-state index in [1.54, 1.807) is 24.5 Å². The first kappa shape index (κ1) is 15.4. The molecule has 3 N–H and O–H groups in total. The van der Waals surface area contributed by atoms with Gasteiger partial charge in [0.15, 0.2) is 0 Å². The molecule has 126 valence electrons. The lowest BCUT2D eigenvalue weighted by Gasteiger charge is -2.14. The summed E-state index contributed by atoms with van der Waals surface area (Å²) in [5, 5.41) is 23.2. The number of amides is 1. The van der Waals surface area contributed by atoms with Gasteiger partial charge in [0.1, 0.15) is 0 Å². The lowest BCUT2D eigenvalue weighted by Crippen LogP contribution is -2.12. The molecule has 1 amide bonds. The van der Waals surface area contributed by atoms with Crippen LogP contribution in [0.1, 0.15) is 22.9 Å². The molecule has 1 aliphatic carbocycles. The van der Waals surface area contributed by atoms with Gasteiger partial charge in [0.2, 0.25) is 0 Å². The van der Waals surface area contributed by atoms with Crippen LogP contribution in [0.5, 0.6) is 0 Å². The molecular weight excluding hydrogens is 318 g/mol. The minimum atomic E-state index is -1.11. The van der Waals surface area contributed by atoms with Crippen LogP contribution in [0, 0.1) is 0 Å². The van der Waals surface area contributed by atoms with Crippen LogP contribution in [0.25, 0.3) is 11.6 Å². The summed E-state index contributed by atoms with van der Waals surface area (Å²) in [4.78, 5) is 15.0. The number of hydrogen-bond acceptors (Lipinski definition) is 3. The van der Waals surface area contributed by atoms with E-state index in [1.165, 1.54) is 0 Å². The number of carboxylic acid groups (broad SMARTS) is 1. The van der Waals surface area contributed by atoms with Crippen molar-refractivity contribution in [3.8, 4) is 0 Å². The Morgan fingerprint density at radius 1 is 1.40 bits per heavy atom. The van der Waals surface area contributed by atoms with Crippen molar-refractivity contribution in [2.75, 3.05) is 5.32 Å². The number of aliphatic hydroxyl groups excluding tert-OH is 1. The maximum atomic E-state index is 10.9. The fraction of sp³-hybridized carbons (Fsp3) is 0.158. The Kier molecular flexibility index (Phi) is 3.74. The number of allylic oxidation sites excluding steroid dienone is 2. The maximum absolute atomic E-state index is 10.9. The van der Waals surface area contributed by atoms with Crippen molar-refractivity contribution in [3.05, 3.63) is 71.0 Å². The van der Waals surface area contributed by atoms with Gasteiger partial charge in [-0.15, -0.1) is 0 Å². The minimum Gasteiger partial charge on any atom is -0.465 e. The Hall–Kier alpha value is -3.12. The second-order valence-corrected chi connectivity index (χ2v) is 6.08. The Labute approximate surface area is 143 Å². The number of aromatic nitrogens is 2. The molecule has 1 unspecified atom stereocenters. The highest BCUT2D eigenvalue weighted by atomic mass is 16.4. The van der Waals surface area contributed by atoms with E-state index in [2.05, 4.69) is 16.4 Å². The third kappa shape index (κ3) is 2.77. The van der Waals surface area contributed by atoms with Gasteiger partial charge in [0, 0.05) is 17.3 Å². The normalized spacial score (nSPS) is 14.1. The summed E-state index contributed by atoms with van der Waals surface area (Å²) >= 11 is 0. The van der Waals surface area contributed by atoms with Gasteiger partial charge in [-0.1, -0.05) is 30.4 Å². The fourth-order valence-corrected chi connectivity index (χ4v) is 3.46. The number of aliphatic hydroxyl groups is 1. The molecule has 1 aromatic carbocycles. The van der Waals surface area contributed by atoms with Gasteiger partial charge < -0.3 is 10.2 Å². The lowest BCUT2D eigenvalue weighted by atomic mass is 9.99. The minimum absolute atomic E-state index is 0.391. The molecule has 0 radical (unpaired) electrons. The Morgan fingerprint density at radius 2 is 2.28 bits per heavy atom. The number of benzene rings is 1. The topological polar surface area (TPSA) is 86.9 Å². The highest BCUT2D eigenvalue weighted by molar-refractivity contribution is 5.82. The molecule has 2 aromatic heterocycles. The molecule has 0 saturated carbocycles. The molecule has 3 aromatic rings. The molecule has 25 heavy (non-hydrogen) atoms. The summed E-state index contributed by atoms with van der Waals surface area (Å²) in [6.07, 6.45) is 9.03. The number of anilines is 1. The molecule has 6 nitrogen and oxygen atoms in total. The largest absolute Gasteiger partial charge is 0.465 e. The maximum Gasteiger partial charge on any atom is 0.409 e. The van der Waals surface area contributed by atoms with Gasteiger partial charge >= 0.3 is 6.09 Å². The number of hydrogen-bond donors (Lipinski definition) is 3. The molecule has 6 heteroatoms. The smallest absolute Gasteiger partial charge is 0.409 e. The monoisotopic (exact) mass is 335 g/mol. The zero-order chi connectivity index (χ0) is 17.4. The number of carbonyl (C=O) groups is 1. The predicted molar refractivity (Wildman–Crippen MR) is 94.5 cm³/mol. The highest BCUT2D eigenvalue weighted by Crippen LogP contribution is 2.25. The van der Waals surface area contributed by atoms with Gasteiger partial charge in [0.25, 0.3) is 0 Å². The number of nitrogens with one attached hydrogen (secondary N) is 1. The van der Waals surface area contributed by atoms with Crippen LogP contribution in [0.2, 0.25) is 0 Å². The summed E-state index contributed by atoms with van der Waals surface area (Å²) < 4.78 is 1.94. The van der Waals surface area contributed by atoms with Crippen molar-refractivity contribution in [1.82, 2.24) is 9.38 Å². The first-order chi connectivity index (χ1) is 12.1. The first-order valence-electron chi connectivity index (χ1n) is 8.04. The van der Waals surface area contributed by atoms with E-state index in [-0.39, 0.29) is 0 Å². The molecule has 1 aliphatic rings. The van der Waals surface area contributed by atoms with Crippen molar-refractivity contribution in [3.63, 3.8) is 0 Å². The van der Waals surface area contributed by atoms with Crippen molar-refractivity contribution in [2.45, 2.75) is 18.9 Å². The van der Waals surface area contributed by atoms with Crippen molar-refractivity contribution >= 4 is 23.4 Å². The zero-order valence-electron chi connectivity index (χ0n) is 13.4. The van der Waals surface area contributed by atoms with E-state index in [9.17, 15) is 9.90 Å². The zero-order valence-corrected chi connectivity index (χ0v) is 13.4. The van der Waals surface area contributed by atoms with Gasteiger partial charge in [-0.2, -0.15) is 0 Å². The number of rotatable bonds is 4. The van der Waals surface area contributed by atoms with Crippen LogP contribution < -0.4 is 10.5 Å². The quantitative estimate of drug-likeness (QED) is 0.683. The van der Waals surface area contributed by atoms with Crippen LogP contribution in [0.4, 0.5) is 10.5 Å². The fourth-order valence-electron chi connectivity index (χ4n) is 3.46. The summed E-state index contributed by atoms with van der Waals surface area (Å²) in [5.74, 6) is 0. The SMILES string of the molecule is O=C(O)Nc1cccc(CC(O)c2c3c(c4cncn24)=CC=CC3)c1. The van der Waals surface area contributed by atoms with Crippen molar-refractivity contribution in [1.29, 1.82) is 0 Å². The third-order valence-corrected chi connectivity index (χ3v) is 4.45. The van der Waals surface area contributed by atoms with Crippen molar-refractivity contribution < 1.29 is 15.0 Å². The highest BCUT2D eigenvalue weighted by Gasteiger charge is 2.21. The summed E-state index contributed by atoms with van der Waals surface area (Å²) in [6, 6.07) is 7.08. The molecular formula is C19H17N3O3. The predicted octanol–water partition coefficient (Wildman–Crippen LogP) is 2.31. The van der Waals surface area contributed by atoms with Crippen LogP contribution in [0.15, 0.2) is 48.9 Å². The van der Waals surface area contributed by atoms with Gasteiger partial charge in [-0.25, -0.2) is 9.78 Å². The second kappa shape index (κ2) is 6.07. The Balaban J connectivity index is 1.69. The lowest BCUT2D eigenvalue weighted by molar-refractivity contribution is 0.172. The van der Waals surface area contributed by atoms with Gasteiger partial charge in [-0.3, -0.25) is 9.72 Å². The first-order valence-corrected chi connectivity index (χ1v) is 8.04. The van der Waals surface area contributed by atoms with E-state index < -0.39 is 12.2 Å². The van der Waals surface area contributed by atoms with E-state index in [0.717, 1.165) is 34.0 Å². The molecule has 4 rings (SSSR count). The summed E-state index contributed by atoms with van der Waals surface area (Å²) in [5.41, 5.74) is 4.31. The Bertz CT molecular complexity index is 1040. The van der Waals surface area contributed by atoms with Crippen LogP contribution >= 0.6 is 0 Å². The molecule has 1 atom stereocenters. The molecule has 0 bridgehead atoms. The third-order valence-electron chi connectivity index (χ3n) is 4.45. The molecule has 0 spiro atoms. The Morgan fingerprint density at radius 3 is 3.12 bits per heavy atom. The summed E-state index contributed by atoms with van der Waals surface area (Å²) in [7, 11) is 0.